The number of anilines is 1. The number of imide groups is 1. The van der Waals surface area contributed by atoms with E-state index in [4.69, 9.17) is 9.15 Å². The van der Waals surface area contributed by atoms with Crippen molar-refractivity contribution in [2.75, 3.05) is 19.0 Å². The van der Waals surface area contributed by atoms with Crippen LogP contribution in [0.5, 0.6) is 5.75 Å². The van der Waals surface area contributed by atoms with Gasteiger partial charge in [-0.15, -0.1) is 0 Å². The third kappa shape index (κ3) is 5.44. The molecule has 0 bridgehead atoms. The fraction of sp³-hybridized carbons (Fsp3) is 0.0870. The first-order valence-electron chi connectivity index (χ1n) is 9.98. The van der Waals surface area contributed by atoms with E-state index < -0.39 is 28.5 Å². The molecule has 178 valence electrons. The highest BCUT2D eigenvalue weighted by Gasteiger charge is 2.36. The van der Waals surface area contributed by atoms with E-state index in [0.717, 1.165) is 4.90 Å². The van der Waals surface area contributed by atoms with Crippen molar-refractivity contribution in [3.8, 4) is 17.1 Å². The summed E-state index contributed by atoms with van der Waals surface area (Å²) in [6.45, 7) is -0.437. The SMILES string of the molecule is COc1ccc(NC(=O)CN2C(=O)S/C(=C/c3ccc(-c4ccc([N+](=O)[O-])cc4Br)o3)C2=O)cc1. The van der Waals surface area contributed by atoms with Crippen LogP contribution in [0.25, 0.3) is 17.4 Å². The Morgan fingerprint density at radius 3 is 2.60 bits per heavy atom. The molecule has 1 aliphatic rings. The van der Waals surface area contributed by atoms with Crippen LogP contribution in [-0.4, -0.2) is 40.5 Å². The van der Waals surface area contributed by atoms with Gasteiger partial charge in [0.05, 0.1) is 16.9 Å². The number of methoxy groups -OCH3 is 1. The number of nitro groups is 1. The number of ether oxygens (including phenoxy) is 1. The average molecular weight is 558 g/mol. The summed E-state index contributed by atoms with van der Waals surface area (Å²) in [6, 6.07) is 14.1. The van der Waals surface area contributed by atoms with E-state index in [1.54, 1.807) is 42.5 Å². The number of nitrogens with zero attached hydrogens (tertiary/aromatic N) is 2. The molecule has 1 aromatic heterocycles. The van der Waals surface area contributed by atoms with Crippen molar-refractivity contribution in [1.82, 2.24) is 4.90 Å². The van der Waals surface area contributed by atoms with Crippen LogP contribution >= 0.6 is 27.7 Å². The van der Waals surface area contributed by atoms with Crippen LogP contribution < -0.4 is 10.1 Å². The maximum absolute atomic E-state index is 12.7. The summed E-state index contributed by atoms with van der Waals surface area (Å²) >= 11 is 4.00. The summed E-state index contributed by atoms with van der Waals surface area (Å²) in [5.41, 5.74) is 1.01. The number of nitro benzene ring substituents is 1. The number of benzene rings is 2. The summed E-state index contributed by atoms with van der Waals surface area (Å²) in [7, 11) is 1.53. The largest absolute Gasteiger partial charge is 0.497 e. The van der Waals surface area contributed by atoms with Gasteiger partial charge >= 0.3 is 0 Å². The van der Waals surface area contributed by atoms with Gasteiger partial charge in [-0.25, -0.2) is 0 Å². The molecule has 10 nitrogen and oxygen atoms in total. The van der Waals surface area contributed by atoms with Crippen LogP contribution in [0, 0.1) is 10.1 Å². The van der Waals surface area contributed by atoms with E-state index in [1.807, 2.05) is 0 Å². The molecule has 0 aliphatic carbocycles. The lowest BCUT2D eigenvalue weighted by molar-refractivity contribution is -0.384. The fourth-order valence-electron chi connectivity index (χ4n) is 3.18. The van der Waals surface area contributed by atoms with Gasteiger partial charge in [0.2, 0.25) is 5.91 Å². The Hall–Kier alpha value is -3.90. The number of rotatable bonds is 7. The zero-order valence-electron chi connectivity index (χ0n) is 18.0. The third-order valence-corrected chi connectivity index (χ3v) is 6.44. The molecule has 1 saturated heterocycles. The first-order valence-corrected chi connectivity index (χ1v) is 11.6. The van der Waals surface area contributed by atoms with Gasteiger partial charge in [-0.2, -0.15) is 0 Å². The van der Waals surface area contributed by atoms with Gasteiger partial charge in [-0.3, -0.25) is 29.4 Å². The number of carbonyl (C=O) groups is 3. The Morgan fingerprint density at radius 2 is 1.94 bits per heavy atom. The molecule has 12 heteroatoms. The molecule has 2 heterocycles. The number of halogens is 1. The quantitative estimate of drug-likeness (QED) is 0.235. The van der Waals surface area contributed by atoms with Crippen molar-refractivity contribution in [3.63, 3.8) is 0 Å². The number of hydrogen-bond acceptors (Lipinski definition) is 8. The van der Waals surface area contributed by atoms with Gasteiger partial charge in [0.1, 0.15) is 23.8 Å². The van der Waals surface area contributed by atoms with Gasteiger partial charge < -0.3 is 14.5 Å². The van der Waals surface area contributed by atoms with Crippen LogP contribution in [0.1, 0.15) is 5.76 Å². The van der Waals surface area contributed by atoms with Crippen molar-refractivity contribution in [2.45, 2.75) is 0 Å². The Kier molecular flexibility index (Phi) is 7.03. The average Bonchev–Trinajstić information content (AvgIpc) is 3.39. The summed E-state index contributed by atoms with van der Waals surface area (Å²) in [5, 5.41) is 13.0. The predicted octanol–water partition coefficient (Wildman–Crippen LogP) is 5.30. The maximum Gasteiger partial charge on any atom is 0.294 e. The predicted molar refractivity (Wildman–Crippen MR) is 133 cm³/mol. The lowest BCUT2D eigenvalue weighted by Gasteiger charge is -2.12. The zero-order valence-corrected chi connectivity index (χ0v) is 20.4. The second-order valence-electron chi connectivity index (χ2n) is 7.17. The molecule has 0 saturated carbocycles. The molecule has 1 N–H and O–H groups in total. The molecule has 0 radical (unpaired) electrons. The number of nitrogens with one attached hydrogen (secondary N) is 1. The van der Waals surface area contributed by atoms with E-state index in [2.05, 4.69) is 21.2 Å². The third-order valence-electron chi connectivity index (χ3n) is 4.88. The maximum atomic E-state index is 12.7. The minimum absolute atomic E-state index is 0.0721. The zero-order chi connectivity index (χ0) is 25.1. The van der Waals surface area contributed by atoms with E-state index in [-0.39, 0.29) is 10.6 Å². The molecule has 0 unspecified atom stereocenters. The second kappa shape index (κ2) is 10.2. The van der Waals surface area contributed by atoms with Gasteiger partial charge in [0.15, 0.2) is 0 Å². The molecular weight excluding hydrogens is 542 g/mol. The van der Waals surface area contributed by atoms with Gasteiger partial charge in [0, 0.05) is 33.9 Å². The standard InChI is InChI=1S/C23H16BrN3O7S/c1-33-15-5-2-13(3-6-15)25-21(28)12-26-22(29)20(35-23(26)30)11-16-7-9-19(34-16)17-8-4-14(27(31)32)10-18(17)24/h2-11H,12H2,1H3,(H,25,28)/b20-11+. The lowest BCUT2D eigenvalue weighted by atomic mass is 10.1. The smallest absolute Gasteiger partial charge is 0.294 e. The molecule has 35 heavy (non-hydrogen) atoms. The molecule has 1 fully saturated rings. The Bertz CT molecular complexity index is 1370. The molecule has 1 aliphatic heterocycles. The Balaban J connectivity index is 1.44. The van der Waals surface area contributed by atoms with Crippen molar-refractivity contribution < 1.29 is 28.5 Å². The minimum atomic E-state index is -0.612. The summed E-state index contributed by atoms with van der Waals surface area (Å²) in [4.78, 5) is 48.8. The summed E-state index contributed by atoms with van der Waals surface area (Å²) < 4.78 is 11.3. The van der Waals surface area contributed by atoms with Crippen molar-refractivity contribution in [2.24, 2.45) is 0 Å². The topological polar surface area (TPSA) is 132 Å². The molecular formula is C23H16BrN3O7S. The highest BCUT2D eigenvalue weighted by Crippen LogP contribution is 2.35. The normalized spacial score (nSPS) is 14.5. The number of non-ortho nitro benzene ring substituents is 1. The fourth-order valence-corrected chi connectivity index (χ4v) is 4.56. The monoisotopic (exact) mass is 557 g/mol. The van der Waals surface area contributed by atoms with E-state index in [9.17, 15) is 24.5 Å². The van der Waals surface area contributed by atoms with Crippen molar-refractivity contribution >= 4 is 62.2 Å². The summed E-state index contributed by atoms with van der Waals surface area (Å²) in [6.07, 6.45) is 1.41. The second-order valence-corrected chi connectivity index (χ2v) is 9.02. The van der Waals surface area contributed by atoms with Crippen LogP contribution in [0.15, 0.2) is 68.4 Å². The first-order chi connectivity index (χ1) is 16.7. The lowest BCUT2D eigenvalue weighted by Crippen LogP contribution is -2.36. The Labute approximate surface area is 211 Å². The van der Waals surface area contributed by atoms with E-state index in [1.165, 1.54) is 25.3 Å². The van der Waals surface area contributed by atoms with Crippen LogP contribution in [0.4, 0.5) is 16.2 Å². The summed E-state index contributed by atoms with van der Waals surface area (Å²) in [5.74, 6) is 0.206. The molecule has 4 rings (SSSR count). The van der Waals surface area contributed by atoms with Gasteiger partial charge in [-0.05, 0) is 70.2 Å². The molecule has 0 spiro atoms. The first kappa shape index (κ1) is 24.2. The van der Waals surface area contributed by atoms with Crippen LogP contribution in [0.3, 0.4) is 0 Å². The highest BCUT2D eigenvalue weighted by atomic mass is 79.9. The number of amides is 3. The van der Waals surface area contributed by atoms with Crippen LogP contribution in [0.2, 0.25) is 0 Å². The number of hydrogen-bond donors (Lipinski definition) is 1. The van der Waals surface area contributed by atoms with E-state index in [0.29, 0.717) is 44.8 Å². The minimum Gasteiger partial charge on any atom is -0.497 e. The van der Waals surface area contributed by atoms with Crippen LogP contribution in [-0.2, 0) is 9.59 Å². The number of thioether (sulfide) groups is 1. The van der Waals surface area contributed by atoms with Gasteiger partial charge in [0.25, 0.3) is 16.8 Å². The molecule has 0 atom stereocenters. The van der Waals surface area contributed by atoms with Gasteiger partial charge in [-0.1, -0.05) is 0 Å². The van der Waals surface area contributed by atoms with E-state index >= 15 is 0 Å². The molecule has 3 amide bonds. The number of furan rings is 1. The molecule has 2 aromatic carbocycles. The molecule has 3 aromatic rings. The van der Waals surface area contributed by atoms with Crippen molar-refractivity contribution in [1.29, 1.82) is 0 Å². The van der Waals surface area contributed by atoms with Crippen molar-refractivity contribution in [3.05, 3.63) is 79.8 Å². The highest BCUT2D eigenvalue weighted by molar-refractivity contribution is 9.10. The Morgan fingerprint density at radius 1 is 1.20 bits per heavy atom. The number of carbonyl (C=O) groups excluding carboxylic acids is 3.